The van der Waals surface area contributed by atoms with Gasteiger partial charge < -0.3 is 10.0 Å². The lowest BCUT2D eigenvalue weighted by atomic mass is 9.38. The van der Waals surface area contributed by atoms with Gasteiger partial charge in [-0.05, 0) is 66.2 Å². The van der Waals surface area contributed by atoms with E-state index in [0.29, 0.717) is 37.7 Å². The number of aryl methyl sites for hydroxylation is 1. The molecule has 0 spiro atoms. The Kier molecular flexibility index (Phi) is 5.78. The van der Waals surface area contributed by atoms with E-state index < -0.39 is 34.1 Å². The maximum Gasteiger partial charge on any atom is 0.416 e. The Hall–Kier alpha value is -2.31. The average Bonchev–Trinajstić information content (AvgIpc) is 2.63. The minimum Gasteiger partial charge on any atom is -0.481 e. The quantitative estimate of drug-likeness (QED) is 0.481. The van der Waals surface area contributed by atoms with Gasteiger partial charge in [0.15, 0.2) is 0 Å². The van der Waals surface area contributed by atoms with Crippen molar-refractivity contribution in [1.82, 2.24) is 4.90 Å². The smallest absolute Gasteiger partial charge is 0.416 e. The molecule has 35 heavy (non-hydrogen) atoms. The van der Waals surface area contributed by atoms with E-state index in [4.69, 9.17) is 0 Å². The normalized spacial score (nSPS) is 30.6. The first-order chi connectivity index (χ1) is 15.9. The highest BCUT2D eigenvalue weighted by molar-refractivity contribution is 5.86. The molecule has 0 aromatic heterocycles. The first-order valence-electron chi connectivity index (χ1n) is 12.4. The van der Waals surface area contributed by atoms with Crippen LogP contribution in [0.4, 0.5) is 13.2 Å². The molecular weight excluding hydrogens is 455 g/mol. The lowest BCUT2D eigenvalue weighted by Gasteiger charge is -2.71. The highest BCUT2D eigenvalue weighted by Gasteiger charge is 2.75. The van der Waals surface area contributed by atoms with E-state index in [0.717, 1.165) is 5.57 Å². The van der Waals surface area contributed by atoms with Crippen molar-refractivity contribution in [2.75, 3.05) is 0 Å². The molecule has 0 saturated heterocycles. The molecule has 2 bridgehead atoms. The molecule has 1 aromatic carbocycles. The molecule has 192 valence electrons. The summed E-state index contributed by atoms with van der Waals surface area (Å²) in [4.78, 5) is 26.6. The van der Waals surface area contributed by atoms with Crippen LogP contribution < -0.4 is 0 Å². The SMILES string of the molecule is CC(C)C1=CN(C23CC(C(=O)O)(C2)C3)C(=O)C[C@@]1(C)c1ccc(CCC(C)(C)C)c(C(F)(F)F)c1. The maximum absolute atomic E-state index is 14.1. The molecule has 1 atom stereocenters. The van der Waals surface area contributed by atoms with Crippen LogP contribution in [-0.4, -0.2) is 27.4 Å². The summed E-state index contributed by atoms with van der Waals surface area (Å²) < 4.78 is 42.3. The molecule has 1 aromatic rings. The second-order valence-electron chi connectivity index (χ2n) is 12.8. The van der Waals surface area contributed by atoms with Gasteiger partial charge in [0.1, 0.15) is 0 Å². The van der Waals surface area contributed by atoms with Crippen molar-refractivity contribution in [1.29, 1.82) is 0 Å². The Morgan fingerprint density at radius 3 is 2.23 bits per heavy atom. The lowest BCUT2D eigenvalue weighted by molar-refractivity contribution is -0.224. The Balaban J connectivity index is 1.71. The summed E-state index contributed by atoms with van der Waals surface area (Å²) in [6.07, 6.45) is -0.288. The summed E-state index contributed by atoms with van der Waals surface area (Å²) in [5.41, 5.74) is -1.05. The summed E-state index contributed by atoms with van der Waals surface area (Å²) in [5, 5.41) is 9.47. The van der Waals surface area contributed by atoms with E-state index in [1.807, 2.05) is 47.7 Å². The van der Waals surface area contributed by atoms with E-state index in [-0.39, 0.29) is 29.2 Å². The minimum absolute atomic E-state index is 0.00582. The number of benzene rings is 1. The third-order valence-corrected chi connectivity index (χ3v) is 8.46. The summed E-state index contributed by atoms with van der Waals surface area (Å²) in [6, 6.07) is 4.59. The fourth-order valence-corrected chi connectivity index (χ4v) is 6.43. The fourth-order valence-electron chi connectivity index (χ4n) is 6.43. The average molecular weight is 492 g/mol. The molecule has 5 rings (SSSR count). The largest absolute Gasteiger partial charge is 0.481 e. The van der Waals surface area contributed by atoms with Crippen molar-refractivity contribution < 1.29 is 27.9 Å². The van der Waals surface area contributed by atoms with Crippen LogP contribution in [0.3, 0.4) is 0 Å². The predicted molar refractivity (Wildman–Crippen MR) is 128 cm³/mol. The predicted octanol–water partition coefficient (Wildman–Crippen LogP) is 6.72. The lowest BCUT2D eigenvalue weighted by Crippen LogP contribution is -2.77. The molecule has 1 heterocycles. The van der Waals surface area contributed by atoms with Gasteiger partial charge in [0.05, 0.1) is 16.5 Å². The number of alkyl halides is 3. The molecule has 0 unspecified atom stereocenters. The number of hydrogen-bond acceptors (Lipinski definition) is 2. The van der Waals surface area contributed by atoms with E-state index in [2.05, 4.69) is 0 Å². The van der Waals surface area contributed by atoms with Gasteiger partial charge in [-0.2, -0.15) is 13.2 Å². The molecule has 4 aliphatic rings. The van der Waals surface area contributed by atoms with Crippen LogP contribution in [0, 0.1) is 16.7 Å². The number of aliphatic carboxylic acids is 1. The third-order valence-electron chi connectivity index (χ3n) is 8.46. The van der Waals surface area contributed by atoms with Gasteiger partial charge in [0, 0.05) is 18.0 Å². The monoisotopic (exact) mass is 491 g/mol. The van der Waals surface area contributed by atoms with E-state index in [9.17, 15) is 27.9 Å². The second kappa shape index (κ2) is 7.84. The van der Waals surface area contributed by atoms with Gasteiger partial charge in [-0.25, -0.2) is 0 Å². The summed E-state index contributed by atoms with van der Waals surface area (Å²) >= 11 is 0. The first-order valence-corrected chi connectivity index (χ1v) is 12.4. The van der Waals surface area contributed by atoms with Crippen molar-refractivity contribution in [2.45, 2.75) is 97.2 Å². The first kappa shape index (κ1) is 25.8. The number of carboxylic acids is 1. The number of rotatable bonds is 6. The second-order valence-corrected chi connectivity index (χ2v) is 12.8. The number of halogens is 3. The fraction of sp³-hybridized carbons (Fsp3) is 0.643. The van der Waals surface area contributed by atoms with Crippen LogP contribution in [0.5, 0.6) is 0 Å². The molecular formula is C28H36F3NO3. The zero-order valence-corrected chi connectivity index (χ0v) is 21.5. The van der Waals surface area contributed by atoms with Crippen LogP contribution in [0.2, 0.25) is 0 Å². The Labute approximate surface area is 205 Å². The molecule has 3 aliphatic carbocycles. The summed E-state index contributed by atoms with van der Waals surface area (Å²) in [5.74, 6) is -0.958. The summed E-state index contributed by atoms with van der Waals surface area (Å²) in [6.45, 7) is 11.9. The Morgan fingerprint density at radius 1 is 1.14 bits per heavy atom. The number of carboxylic acid groups (broad SMARTS) is 1. The molecule has 1 aliphatic heterocycles. The molecule has 3 saturated carbocycles. The van der Waals surface area contributed by atoms with E-state index in [1.54, 1.807) is 17.0 Å². The van der Waals surface area contributed by atoms with Gasteiger partial charge in [-0.3, -0.25) is 9.59 Å². The van der Waals surface area contributed by atoms with Crippen molar-refractivity contribution >= 4 is 11.9 Å². The Morgan fingerprint density at radius 2 is 1.74 bits per heavy atom. The highest BCUT2D eigenvalue weighted by Crippen LogP contribution is 2.70. The molecule has 1 amide bonds. The maximum atomic E-state index is 14.1. The highest BCUT2D eigenvalue weighted by atomic mass is 19.4. The topological polar surface area (TPSA) is 57.6 Å². The molecule has 0 radical (unpaired) electrons. The Bertz CT molecular complexity index is 1080. The number of carbonyl (C=O) groups excluding carboxylic acids is 1. The van der Waals surface area contributed by atoms with Gasteiger partial charge >= 0.3 is 12.1 Å². The number of amides is 1. The summed E-state index contributed by atoms with van der Waals surface area (Å²) in [7, 11) is 0. The molecule has 7 heteroatoms. The third kappa shape index (κ3) is 4.19. The number of hydrogen-bond donors (Lipinski definition) is 1. The van der Waals surface area contributed by atoms with Crippen molar-refractivity contribution in [3.63, 3.8) is 0 Å². The number of nitrogens with zero attached hydrogens (tertiary/aromatic N) is 1. The van der Waals surface area contributed by atoms with Gasteiger partial charge in [0.2, 0.25) is 5.91 Å². The zero-order chi connectivity index (χ0) is 26.2. The standard InChI is InChI=1S/C28H36F3NO3/c1-17(2)21-13-32(27-14-26(15-27,16-27)23(34)35)22(33)12-25(21,6)19-8-7-18(9-10-24(3,4)5)20(11-19)28(29,30)31/h7-8,11,13,17H,9-10,12,14-16H2,1-6H3,(H,34,35)/t25-,26?,27?/m0/s1. The van der Waals surface area contributed by atoms with Crippen molar-refractivity contribution in [3.05, 3.63) is 46.7 Å². The molecule has 4 nitrogen and oxygen atoms in total. The molecule has 3 fully saturated rings. The number of carbonyl (C=O) groups is 2. The van der Waals surface area contributed by atoms with E-state index >= 15 is 0 Å². The van der Waals surface area contributed by atoms with Crippen LogP contribution in [0.25, 0.3) is 0 Å². The van der Waals surface area contributed by atoms with Crippen LogP contribution in [0.1, 0.15) is 90.3 Å². The van der Waals surface area contributed by atoms with Crippen LogP contribution in [-0.2, 0) is 27.6 Å². The molecule has 1 N–H and O–H groups in total. The van der Waals surface area contributed by atoms with Crippen molar-refractivity contribution in [3.8, 4) is 0 Å². The minimum atomic E-state index is -4.48. The van der Waals surface area contributed by atoms with Crippen LogP contribution in [0.15, 0.2) is 30.0 Å². The van der Waals surface area contributed by atoms with Gasteiger partial charge in [-0.15, -0.1) is 0 Å². The van der Waals surface area contributed by atoms with Gasteiger partial charge in [0.25, 0.3) is 0 Å². The van der Waals surface area contributed by atoms with Gasteiger partial charge in [-0.1, -0.05) is 53.7 Å². The van der Waals surface area contributed by atoms with Crippen LogP contribution >= 0.6 is 0 Å². The zero-order valence-electron chi connectivity index (χ0n) is 21.5. The van der Waals surface area contributed by atoms with E-state index in [1.165, 1.54) is 6.07 Å². The number of allylic oxidation sites excluding steroid dienone is 1. The van der Waals surface area contributed by atoms with Crippen molar-refractivity contribution in [2.24, 2.45) is 16.7 Å².